The number of hydrogen-bond acceptors (Lipinski definition) is 4. The van der Waals surface area contributed by atoms with Crippen LogP contribution in [0.5, 0.6) is 0 Å². The van der Waals surface area contributed by atoms with Gasteiger partial charge in [-0.1, -0.05) is 69.2 Å². The van der Waals surface area contributed by atoms with Crippen molar-refractivity contribution in [2.45, 2.75) is 77.3 Å². The van der Waals surface area contributed by atoms with E-state index in [2.05, 4.69) is 24.5 Å². The van der Waals surface area contributed by atoms with E-state index in [-0.39, 0.29) is 17.8 Å². The summed E-state index contributed by atoms with van der Waals surface area (Å²) in [6.45, 7) is 6.66. The van der Waals surface area contributed by atoms with E-state index in [1.165, 1.54) is 12.1 Å². The van der Waals surface area contributed by atoms with Crippen LogP contribution in [0.4, 0.5) is 10.3 Å². The zero-order valence-corrected chi connectivity index (χ0v) is 20.9. The van der Waals surface area contributed by atoms with Gasteiger partial charge in [-0.2, -0.15) is 0 Å². The molecule has 0 aliphatic heterocycles. The Morgan fingerprint density at radius 2 is 1.71 bits per heavy atom. The molecule has 1 heterocycles. The first kappa shape index (κ1) is 24.8. The molecular formula is C29H35FN4O. The standard InChI is InChI=1S/C29H35FN4O/c1-4-20(3)32-28-33-24(5-2)25(27(35)31-19-21-11-7-6-8-12-21)26(34-28)29(17-9-10-18-29)22-13-15-23(30)16-14-22/h6-8,11-16,20H,4-5,9-10,17-19H2,1-3H3,(H,31,35)(H,32,33,34). The van der Waals surface area contributed by atoms with Crippen LogP contribution in [0, 0.1) is 5.82 Å². The van der Waals surface area contributed by atoms with Crippen LogP contribution in [0.25, 0.3) is 0 Å². The summed E-state index contributed by atoms with van der Waals surface area (Å²) < 4.78 is 13.8. The summed E-state index contributed by atoms with van der Waals surface area (Å²) in [7, 11) is 0. The first-order valence-corrected chi connectivity index (χ1v) is 12.7. The Hall–Kier alpha value is -3.28. The molecule has 35 heavy (non-hydrogen) atoms. The number of amides is 1. The van der Waals surface area contributed by atoms with E-state index in [4.69, 9.17) is 9.97 Å². The monoisotopic (exact) mass is 474 g/mol. The van der Waals surface area contributed by atoms with Gasteiger partial charge in [-0.15, -0.1) is 0 Å². The van der Waals surface area contributed by atoms with E-state index in [1.807, 2.05) is 49.4 Å². The molecule has 0 radical (unpaired) electrons. The Morgan fingerprint density at radius 3 is 2.34 bits per heavy atom. The van der Waals surface area contributed by atoms with Gasteiger partial charge in [0.15, 0.2) is 0 Å². The number of aromatic nitrogens is 2. The second kappa shape index (κ2) is 11.0. The number of anilines is 1. The lowest BCUT2D eigenvalue weighted by molar-refractivity contribution is 0.0946. The minimum atomic E-state index is -0.453. The molecule has 1 amide bonds. The van der Waals surface area contributed by atoms with Crippen LogP contribution >= 0.6 is 0 Å². The summed E-state index contributed by atoms with van der Waals surface area (Å²) in [5, 5.41) is 6.52. The molecule has 2 N–H and O–H groups in total. The van der Waals surface area contributed by atoms with E-state index in [0.29, 0.717) is 24.5 Å². The van der Waals surface area contributed by atoms with Gasteiger partial charge in [-0.3, -0.25) is 4.79 Å². The number of nitrogens with zero attached hydrogens (tertiary/aromatic N) is 2. The van der Waals surface area contributed by atoms with Gasteiger partial charge in [0, 0.05) is 18.0 Å². The molecule has 5 nitrogen and oxygen atoms in total. The second-order valence-electron chi connectivity index (χ2n) is 9.49. The Bertz CT molecular complexity index is 1140. The average Bonchev–Trinajstić information content (AvgIpc) is 3.38. The predicted molar refractivity (Wildman–Crippen MR) is 138 cm³/mol. The maximum Gasteiger partial charge on any atom is 0.255 e. The molecule has 0 spiro atoms. The van der Waals surface area contributed by atoms with Gasteiger partial charge in [-0.25, -0.2) is 14.4 Å². The van der Waals surface area contributed by atoms with Crippen LogP contribution in [-0.2, 0) is 18.4 Å². The fourth-order valence-corrected chi connectivity index (χ4v) is 5.01. The molecule has 1 atom stereocenters. The summed E-state index contributed by atoms with van der Waals surface area (Å²) in [6, 6.07) is 16.8. The minimum absolute atomic E-state index is 0.163. The summed E-state index contributed by atoms with van der Waals surface area (Å²) in [5.74, 6) is 0.127. The molecule has 3 aromatic rings. The zero-order valence-electron chi connectivity index (χ0n) is 20.9. The molecule has 1 aromatic heterocycles. The van der Waals surface area contributed by atoms with E-state index >= 15 is 0 Å². The molecule has 0 saturated heterocycles. The molecule has 184 valence electrons. The van der Waals surface area contributed by atoms with Gasteiger partial charge in [0.1, 0.15) is 5.82 Å². The number of rotatable bonds is 9. The summed E-state index contributed by atoms with van der Waals surface area (Å²) in [4.78, 5) is 23.5. The van der Waals surface area contributed by atoms with Crippen molar-refractivity contribution in [2.24, 2.45) is 0 Å². The van der Waals surface area contributed by atoms with Crippen LogP contribution in [-0.4, -0.2) is 21.9 Å². The lowest BCUT2D eigenvalue weighted by Crippen LogP contribution is -2.34. The number of aryl methyl sites for hydroxylation is 1. The first-order valence-electron chi connectivity index (χ1n) is 12.7. The Labute approximate surface area is 207 Å². The molecule has 1 aliphatic rings. The summed E-state index contributed by atoms with van der Waals surface area (Å²) in [5.41, 5.74) is 3.63. The number of carbonyl (C=O) groups excluding carboxylic acids is 1. The van der Waals surface area contributed by atoms with Crippen molar-refractivity contribution in [3.8, 4) is 0 Å². The zero-order chi connectivity index (χ0) is 24.8. The van der Waals surface area contributed by atoms with Crippen molar-refractivity contribution < 1.29 is 9.18 Å². The summed E-state index contributed by atoms with van der Waals surface area (Å²) >= 11 is 0. The Kier molecular flexibility index (Phi) is 7.79. The van der Waals surface area contributed by atoms with Crippen LogP contribution in [0.2, 0.25) is 0 Å². The van der Waals surface area contributed by atoms with Gasteiger partial charge in [0.25, 0.3) is 5.91 Å². The third-order valence-electron chi connectivity index (χ3n) is 7.14. The van der Waals surface area contributed by atoms with Crippen molar-refractivity contribution in [1.29, 1.82) is 0 Å². The second-order valence-corrected chi connectivity index (χ2v) is 9.49. The molecule has 1 fully saturated rings. The summed E-state index contributed by atoms with van der Waals surface area (Å²) in [6.07, 6.45) is 5.33. The number of carbonyl (C=O) groups is 1. The molecule has 0 bridgehead atoms. The van der Waals surface area contributed by atoms with Crippen LogP contribution in [0.15, 0.2) is 54.6 Å². The van der Waals surface area contributed by atoms with Crippen molar-refractivity contribution in [3.05, 3.63) is 88.5 Å². The van der Waals surface area contributed by atoms with Crippen LogP contribution in [0.3, 0.4) is 0 Å². The highest BCUT2D eigenvalue weighted by Gasteiger charge is 2.42. The number of halogens is 1. The van der Waals surface area contributed by atoms with Gasteiger partial charge < -0.3 is 10.6 Å². The third kappa shape index (κ3) is 5.37. The molecule has 1 unspecified atom stereocenters. The number of hydrogen-bond donors (Lipinski definition) is 2. The minimum Gasteiger partial charge on any atom is -0.352 e. The van der Waals surface area contributed by atoms with Crippen LogP contribution in [0.1, 0.15) is 85.7 Å². The van der Waals surface area contributed by atoms with E-state index in [1.54, 1.807) is 0 Å². The van der Waals surface area contributed by atoms with Crippen molar-refractivity contribution >= 4 is 11.9 Å². The smallest absolute Gasteiger partial charge is 0.255 e. The molecule has 4 rings (SSSR count). The van der Waals surface area contributed by atoms with Gasteiger partial charge in [0.05, 0.1) is 17.0 Å². The molecule has 1 saturated carbocycles. The highest BCUT2D eigenvalue weighted by molar-refractivity contribution is 5.97. The van der Waals surface area contributed by atoms with Crippen molar-refractivity contribution in [1.82, 2.24) is 15.3 Å². The largest absolute Gasteiger partial charge is 0.352 e. The number of nitrogens with one attached hydrogen (secondary N) is 2. The maximum atomic E-state index is 13.8. The predicted octanol–water partition coefficient (Wildman–Crippen LogP) is 6.18. The van der Waals surface area contributed by atoms with Gasteiger partial charge in [0.2, 0.25) is 5.95 Å². The Balaban J connectivity index is 1.84. The van der Waals surface area contributed by atoms with Crippen LogP contribution < -0.4 is 10.6 Å². The highest BCUT2D eigenvalue weighted by Crippen LogP contribution is 2.47. The lowest BCUT2D eigenvalue weighted by atomic mass is 9.73. The Morgan fingerprint density at radius 1 is 1.03 bits per heavy atom. The van der Waals surface area contributed by atoms with E-state index in [9.17, 15) is 9.18 Å². The van der Waals surface area contributed by atoms with Gasteiger partial charge in [-0.05, 0) is 55.9 Å². The maximum absolute atomic E-state index is 13.8. The lowest BCUT2D eigenvalue weighted by Gasteiger charge is -2.32. The topological polar surface area (TPSA) is 66.9 Å². The fraction of sp³-hybridized carbons (Fsp3) is 0.414. The molecule has 2 aromatic carbocycles. The quantitative estimate of drug-likeness (QED) is 0.389. The van der Waals surface area contributed by atoms with E-state index in [0.717, 1.165) is 54.6 Å². The van der Waals surface area contributed by atoms with Crippen molar-refractivity contribution in [3.63, 3.8) is 0 Å². The van der Waals surface area contributed by atoms with Gasteiger partial charge >= 0.3 is 0 Å². The third-order valence-corrected chi connectivity index (χ3v) is 7.14. The highest BCUT2D eigenvalue weighted by atomic mass is 19.1. The first-order chi connectivity index (χ1) is 17.0. The fourth-order valence-electron chi connectivity index (χ4n) is 5.01. The van der Waals surface area contributed by atoms with Crippen molar-refractivity contribution in [2.75, 3.05) is 5.32 Å². The van der Waals surface area contributed by atoms with E-state index < -0.39 is 5.41 Å². The number of benzene rings is 2. The molecular weight excluding hydrogens is 439 g/mol. The molecule has 1 aliphatic carbocycles. The SMILES string of the molecule is CCc1nc(NC(C)CC)nc(C2(c3ccc(F)cc3)CCCC2)c1C(=O)NCc1ccccc1. The molecule has 6 heteroatoms. The average molecular weight is 475 g/mol. The normalized spacial score (nSPS) is 15.5.